The van der Waals surface area contributed by atoms with Crippen LogP contribution in [0.2, 0.25) is 0 Å². The zero-order valence-electron chi connectivity index (χ0n) is 19.2. The molecule has 1 fully saturated rings. The van der Waals surface area contributed by atoms with Gasteiger partial charge in [0.2, 0.25) is 5.17 Å². The fraction of sp³-hybridized carbons (Fsp3) is 0.360. The third-order valence-corrected chi connectivity index (χ3v) is 7.13. The van der Waals surface area contributed by atoms with E-state index in [-0.39, 0.29) is 11.4 Å². The van der Waals surface area contributed by atoms with Crippen molar-refractivity contribution >= 4 is 39.9 Å². The van der Waals surface area contributed by atoms with Gasteiger partial charge in [0.15, 0.2) is 11.0 Å². The normalized spacial score (nSPS) is 19.4. The summed E-state index contributed by atoms with van der Waals surface area (Å²) in [6.45, 7) is 5.15. The summed E-state index contributed by atoms with van der Waals surface area (Å²) < 4.78 is 7.89. The van der Waals surface area contributed by atoms with Crippen LogP contribution >= 0.6 is 11.8 Å². The quantitative estimate of drug-likeness (QED) is 0.632. The minimum absolute atomic E-state index is 0.0644. The number of aliphatic imine (C=N–C) groups is 1. The summed E-state index contributed by atoms with van der Waals surface area (Å²) >= 11 is 1.37. The first-order valence-corrected chi connectivity index (χ1v) is 12.6. The molecule has 0 spiro atoms. The topological polar surface area (TPSA) is 86.3 Å². The molecule has 1 aromatic heterocycles. The van der Waals surface area contributed by atoms with Crippen LogP contribution in [0.15, 0.2) is 58.3 Å². The monoisotopic (exact) mass is 476 g/mol. The molecule has 5 rings (SSSR count). The number of carbonyl (C=O) groups is 1. The molecule has 1 N–H and O–H groups in total. The molecule has 0 saturated carbocycles. The van der Waals surface area contributed by atoms with Crippen molar-refractivity contribution in [2.24, 2.45) is 10.1 Å². The number of thioether (sulfide) groups is 1. The van der Waals surface area contributed by atoms with Gasteiger partial charge in [-0.15, -0.1) is 5.10 Å². The Hall–Kier alpha value is -3.33. The van der Waals surface area contributed by atoms with Gasteiger partial charge >= 0.3 is 0 Å². The van der Waals surface area contributed by atoms with Gasteiger partial charge in [-0.05, 0) is 73.4 Å². The summed E-state index contributed by atoms with van der Waals surface area (Å²) in [4.78, 5) is 19.2. The summed E-state index contributed by atoms with van der Waals surface area (Å²) in [6.07, 6.45) is 8.18. The SMILES string of the molecule is CCc1ccc(OCCn2cccc2/C=C2\C(=N)N3N=C(N4CCCCC4)SC3=NC2=O)cc1. The zero-order valence-corrected chi connectivity index (χ0v) is 20.1. The summed E-state index contributed by atoms with van der Waals surface area (Å²) in [5.74, 6) is 0.498. The Kier molecular flexibility index (Phi) is 6.53. The van der Waals surface area contributed by atoms with E-state index < -0.39 is 5.91 Å². The van der Waals surface area contributed by atoms with Gasteiger partial charge in [-0.3, -0.25) is 10.2 Å². The van der Waals surface area contributed by atoms with Crippen molar-refractivity contribution in [2.45, 2.75) is 39.2 Å². The van der Waals surface area contributed by atoms with Crippen LogP contribution in [0.4, 0.5) is 0 Å². The smallest absolute Gasteiger partial charge is 0.283 e. The van der Waals surface area contributed by atoms with Gasteiger partial charge in [0.05, 0.1) is 12.1 Å². The Morgan fingerprint density at radius 2 is 1.91 bits per heavy atom. The number of amidine groups is 3. The number of nitrogens with zero attached hydrogens (tertiary/aromatic N) is 5. The molecule has 0 unspecified atom stereocenters. The number of hydrazone groups is 1. The molecule has 0 radical (unpaired) electrons. The van der Waals surface area contributed by atoms with Crippen molar-refractivity contribution in [3.63, 3.8) is 0 Å². The van der Waals surface area contributed by atoms with E-state index in [2.05, 4.69) is 34.1 Å². The highest BCUT2D eigenvalue weighted by Crippen LogP contribution is 2.30. The fourth-order valence-electron chi connectivity index (χ4n) is 4.19. The van der Waals surface area contributed by atoms with E-state index in [4.69, 9.17) is 10.1 Å². The number of nitrogens with one attached hydrogen (secondary N) is 1. The number of fused-ring (bicyclic) bond motifs is 1. The van der Waals surface area contributed by atoms with Crippen LogP contribution in [-0.2, 0) is 17.8 Å². The molecule has 1 saturated heterocycles. The number of piperidine rings is 1. The highest BCUT2D eigenvalue weighted by Gasteiger charge is 2.37. The van der Waals surface area contributed by atoms with E-state index in [0.717, 1.165) is 49.0 Å². The van der Waals surface area contributed by atoms with Crippen molar-refractivity contribution in [2.75, 3.05) is 19.7 Å². The first-order valence-electron chi connectivity index (χ1n) is 11.7. The maximum atomic E-state index is 12.8. The summed E-state index contributed by atoms with van der Waals surface area (Å²) in [7, 11) is 0. The van der Waals surface area contributed by atoms with Crippen LogP contribution < -0.4 is 4.74 Å². The van der Waals surface area contributed by atoms with Gasteiger partial charge in [-0.1, -0.05) is 19.1 Å². The van der Waals surface area contributed by atoms with E-state index in [1.54, 1.807) is 6.08 Å². The predicted octanol–water partition coefficient (Wildman–Crippen LogP) is 4.19. The minimum Gasteiger partial charge on any atom is -0.492 e. The van der Waals surface area contributed by atoms with Crippen LogP contribution in [0.1, 0.15) is 37.4 Å². The van der Waals surface area contributed by atoms with Crippen molar-refractivity contribution in [1.82, 2.24) is 14.5 Å². The number of ether oxygens (including phenoxy) is 1. The maximum Gasteiger partial charge on any atom is 0.283 e. The van der Waals surface area contributed by atoms with Gasteiger partial charge in [-0.25, -0.2) is 0 Å². The molecule has 3 aliphatic heterocycles. The number of benzene rings is 1. The minimum atomic E-state index is -0.404. The van der Waals surface area contributed by atoms with E-state index in [1.165, 1.54) is 28.8 Å². The summed E-state index contributed by atoms with van der Waals surface area (Å²) in [6, 6.07) is 12.0. The second kappa shape index (κ2) is 9.89. The van der Waals surface area contributed by atoms with Crippen LogP contribution in [0, 0.1) is 5.41 Å². The predicted molar refractivity (Wildman–Crippen MR) is 136 cm³/mol. The average Bonchev–Trinajstić information content (AvgIpc) is 3.50. The molecule has 1 aromatic carbocycles. The third kappa shape index (κ3) is 4.65. The van der Waals surface area contributed by atoms with Gasteiger partial charge in [-0.2, -0.15) is 10.0 Å². The van der Waals surface area contributed by atoms with Crippen LogP contribution in [0.3, 0.4) is 0 Å². The van der Waals surface area contributed by atoms with E-state index >= 15 is 0 Å². The fourth-order valence-corrected chi connectivity index (χ4v) is 5.13. The van der Waals surface area contributed by atoms with Gasteiger partial charge in [0.25, 0.3) is 5.91 Å². The van der Waals surface area contributed by atoms with E-state index in [9.17, 15) is 4.79 Å². The van der Waals surface area contributed by atoms with Crippen LogP contribution in [0.5, 0.6) is 5.75 Å². The number of aryl methyl sites for hydroxylation is 1. The number of hydrogen-bond donors (Lipinski definition) is 1. The number of rotatable bonds is 6. The number of hydrogen-bond acceptors (Lipinski definition) is 6. The standard InChI is InChI=1S/C25H28N6O2S/c1-2-18-8-10-20(11-9-18)33-16-15-29-14-6-7-19(29)17-21-22(26)31-24(27-23(21)32)34-25(28-31)30-12-4-3-5-13-30/h6-11,14,17,26H,2-5,12-13,15-16H2,1H3/b21-17+,26-22?. The van der Waals surface area contributed by atoms with Crippen molar-refractivity contribution < 1.29 is 9.53 Å². The average molecular weight is 477 g/mol. The number of likely N-dealkylation sites (tertiary alicyclic amines) is 1. The molecule has 2 aromatic rings. The van der Waals surface area contributed by atoms with Crippen LogP contribution in [0.25, 0.3) is 6.08 Å². The Bertz CT molecular complexity index is 1170. The van der Waals surface area contributed by atoms with Crippen LogP contribution in [-0.4, -0.2) is 56.3 Å². The van der Waals surface area contributed by atoms with E-state index in [1.807, 2.05) is 35.0 Å². The summed E-state index contributed by atoms with van der Waals surface area (Å²) in [5, 5.41) is 16.0. The lowest BCUT2D eigenvalue weighted by Crippen LogP contribution is -2.35. The molecule has 3 aliphatic rings. The lowest BCUT2D eigenvalue weighted by Gasteiger charge is -2.26. The largest absolute Gasteiger partial charge is 0.492 e. The second-order valence-corrected chi connectivity index (χ2v) is 9.36. The molecule has 9 heteroatoms. The Balaban J connectivity index is 1.28. The first kappa shape index (κ1) is 22.5. The Morgan fingerprint density at radius 1 is 1.12 bits per heavy atom. The second-order valence-electron chi connectivity index (χ2n) is 8.42. The molecule has 0 atom stereocenters. The van der Waals surface area contributed by atoms with E-state index in [0.29, 0.717) is 18.3 Å². The lowest BCUT2D eigenvalue weighted by molar-refractivity contribution is -0.114. The molecule has 4 heterocycles. The molecule has 176 valence electrons. The Labute approximate surface area is 203 Å². The Morgan fingerprint density at radius 3 is 2.68 bits per heavy atom. The zero-order chi connectivity index (χ0) is 23.5. The summed E-state index contributed by atoms with van der Waals surface area (Å²) in [5.41, 5.74) is 2.34. The molecule has 34 heavy (non-hydrogen) atoms. The van der Waals surface area contributed by atoms with Crippen molar-refractivity contribution in [3.05, 3.63) is 59.4 Å². The number of carbonyl (C=O) groups excluding carboxylic acids is 1. The highest BCUT2D eigenvalue weighted by molar-refractivity contribution is 8.26. The highest BCUT2D eigenvalue weighted by atomic mass is 32.2. The van der Waals surface area contributed by atoms with Crippen molar-refractivity contribution in [1.29, 1.82) is 5.41 Å². The molecule has 1 amide bonds. The number of amides is 1. The first-order chi connectivity index (χ1) is 16.6. The lowest BCUT2D eigenvalue weighted by atomic mass is 10.1. The molecular formula is C25H28N6O2S. The molecule has 8 nitrogen and oxygen atoms in total. The maximum absolute atomic E-state index is 12.8. The van der Waals surface area contributed by atoms with Gasteiger partial charge in [0, 0.05) is 25.0 Å². The molecule has 0 aliphatic carbocycles. The molecular weight excluding hydrogens is 448 g/mol. The molecule has 0 bridgehead atoms. The van der Waals surface area contributed by atoms with Gasteiger partial charge < -0.3 is 14.2 Å². The van der Waals surface area contributed by atoms with Crippen molar-refractivity contribution in [3.8, 4) is 5.75 Å². The van der Waals surface area contributed by atoms with Gasteiger partial charge in [0.1, 0.15) is 12.4 Å². The number of aromatic nitrogens is 1. The third-order valence-electron chi connectivity index (χ3n) is 6.16.